The zero-order chi connectivity index (χ0) is 10.3. The van der Waals surface area contributed by atoms with Crippen LogP contribution in [0, 0.1) is 0 Å². The number of ether oxygens (including phenoxy) is 1. The number of para-hydroxylation sites is 1. The number of nitrogens with one attached hydrogen (secondary N) is 2. The quantitative estimate of drug-likeness (QED) is 0.676. The number of aryl methyl sites for hydroxylation is 1. The van der Waals surface area contributed by atoms with Crippen molar-refractivity contribution in [2.45, 2.75) is 12.8 Å². The van der Waals surface area contributed by atoms with E-state index in [0.29, 0.717) is 0 Å². The van der Waals surface area contributed by atoms with Crippen molar-refractivity contribution < 1.29 is 4.74 Å². The second-order valence-corrected chi connectivity index (χ2v) is 3.74. The number of rotatable bonds is 0. The molecule has 82 valence electrons. The summed E-state index contributed by atoms with van der Waals surface area (Å²) < 4.78 is 4.83. The van der Waals surface area contributed by atoms with Gasteiger partial charge in [0.25, 0.3) is 0 Å². The Labute approximate surface area is 90.8 Å². The van der Waals surface area contributed by atoms with Crippen LogP contribution in [-0.2, 0) is 11.2 Å². The summed E-state index contributed by atoms with van der Waals surface area (Å²) in [4.78, 5) is 0. The molecule has 0 saturated carbocycles. The van der Waals surface area contributed by atoms with Gasteiger partial charge in [-0.15, -0.1) is 0 Å². The first-order valence-corrected chi connectivity index (χ1v) is 5.57. The lowest BCUT2D eigenvalue weighted by molar-refractivity contribution is 0.194. The molecule has 1 aromatic rings. The maximum absolute atomic E-state index is 4.83. The van der Waals surface area contributed by atoms with Crippen molar-refractivity contribution in [2.75, 3.05) is 31.7 Å². The Morgan fingerprint density at radius 1 is 1.13 bits per heavy atom. The van der Waals surface area contributed by atoms with Gasteiger partial charge in [0, 0.05) is 18.8 Å². The molecule has 0 unspecified atom stereocenters. The Morgan fingerprint density at radius 3 is 2.73 bits per heavy atom. The van der Waals surface area contributed by atoms with Crippen LogP contribution in [-0.4, -0.2) is 26.4 Å². The Morgan fingerprint density at radius 2 is 2.07 bits per heavy atom. The van der Waals surface area contributed by atoms with Crippen LogP contribution in [0.3, 0.4) is 0 Å². The molecule has 3 nitrogen and oxygen atoms in total. The van der Waals surface area contributed by atoms with Crippen LogP contribution >= 0.6 is 0 Å². The van der Waals surface area contributed by atoms with Crippen LogP contribution in [0.1, 0.15) is 12.0 Å². The topological polar surface area (TPSA) is 33.3 Å². The van der Waals surface area contributed by atoms with E-state index >= 15 is 0 Å². The van der Waals surface area contributed by atoms with Crippen molar-refractivity contribution in [1.82, 2.24) is 5.32 Å². The molecule has 2 aliphatic rings. The summed E-state index contributed by atoms with van der Waals surface area (Å²) in [5.41, 5.74) is 2.79. The van der Waals surface area contributed by atoms with E-state index < -0.39 is 0 Å². The van der Waals surface area contributed by atoms with E-state index in [1.165, 1.54) is 24.1 Å². The van der Waals surface area contributed by atoms with Gasteiger partial charge in [-0.3, -0.25) is 5.32 Å². The number of fused-ring (bicyclic) bond motifs is 1. The monoisotopic (exact) mass is 206 g/mol. The molecule has 3 heteroatoms. The van der Waals surface area contributed by atoms with E-state index in [9.17, 15) is 0 Å². The predicted molar refractivity (Wildman–Crippen MR) is 62.1 cm³/mol. The van der Waals surface area contributed by atoms with Crippen molar-refractivity contribution >= 4 is 5.69 Å². The maximum Gasteiger partial charge on any atom is 0.0966 e. The standard InChI is InChI=1S/C9H11N.C3H7NO/c1-2-6-9-8(4-1)5-3-7-10-9;1-2-5-3-4-1/h1-2,4,6,10H,3,5,7H2;4H,1-3H2. The molecule has 0 amide bonds. The van der Waals surface area contributed by atoms with Gasteiger partial charge in [0.1, 0.15) is 0 Å². The Bertz CT molecular complexity index is 265. The lowest BCUT2D eigenvalue weighted by atomic mass is 10.0. The summed E-state index contributed by atoms with van der Waals surface area (Å²) in [6.45, 7) is 3.80. The van der Waals surface area contributed by atoms with Gasteiger partial charge in [-0.2, -0.15) is 0 Å². The van der Waals surface area contributed by atoms with Crippen molar-refractivity contribution in [1.29, 1.82) is 0 Å². The molecule has 15 heavy (non-hydrogen) atoms. The van der Waals surface area contributed by atoms with Crippen LogP contribution in [0.2, 0.25) is 0 Å². The smallest absolute Gasteiger partial charge is 0.0966 e. The molecule has 0 atom stereocenters. The molecule has 0 spiro atoms. The minimum absolute atomic E-state index is 0.750. The van der Waals surface area contributed by atoms with Crippen molar-refractivity contribution in [2.24, 2.45) is 0 Å². The average Bonchev–Trinajstić information content (AvgIpc) is 2.88. The molecule has 2 heterocycles. The molecule has 1 aromatic carbocycles. The fourth-order valence-corrected chi connectivity index (χ4v) is 1.77. The van der Waals surface area contributed by atoms with Crippen molar-refractivity contribution in [3.63, 3.8) is 0 Å². The van der Waals surface area contributed by atoms with E-state index in [4.69, 9.17) is 4.74 Å². The molecule has 0 radical (unpaired) electrons. The van der Waals surface area contributed by atoms with Crippen LogP contribution in [0.15, 0.2) is 24.3 Å². The van der Waals surface area contributed by atoms with E-state index in [0.717, 1.165) is 26.4 Å². The zero-order valence-corrected chi connectivity index (χ0v) is 8.96. The zero-order valence-electron chi connectivity index (χ0n) is 8.96. The average molecular weight is 206 g/mol. The van der Waals surface area contributed by atoms with Gasteiger partial charge >= 0.3 is 0 Å². The summed E-state index contributed by atoms with van der Waals surface area (Å²) in [6.07, 6.45) is 2.51. The summed E-state index contributed by atoms with van der Waals surface area (Å²) in [5.74, 6) is 0. The molecule has 2 N–H and O–H groups in total. The first-order valence-electron chi connectivity index (χ1n) is 5.57. The largest absolute Gasteiger partial charge is 0.385 e. The molecule has 0 aliphatic carbocycles. The molecule has 1 saturated heterocycles. The first-order chi connectivity index (χ1) is 7.47. The minimum atomic E-state index is 0.750. The third kappa shape index (κ3) is 3.22. The summed E-state index contributed by atoms with van der Waals surface area (Å²) in [5, 5.41) is 6.36. The minimum Gasteiger partial charge on any atom is -0.385 e. The van der Waals surface area contributed by atoms with Gasteiger partial charge < -0.3 is 10.1 Å². The molecule has 0 aromatic heterocycles. The van der Waals surface area contributed by atoms with Gasteiger partial charge in [0.15, 0.2) is 0 Å². The van der Waals surface area contributed by atoms with Gasteiger partial charge in [-0.25, -0.2) is 0 Å². The maximum atomic E-state index is 4.83. The summed E-state index contributed by atoms with van der Waals surface area (Å²) >= 11 is 0. The Kier molecular flexibility index (Phi) is 4.00. The van der Waals surface area contributed by atoms with E-state index in [1.807, 2.05) is 0 Å². The normalized spacial score (nSPS) is 18.4. The number of anilines is 1. The number of hydrogen-bond donors (Lipinski definition) is 2. The molecule has 3 rings (SSSR count). The van der Waals surface area contributed by atoms with E-state index in [2.05, 4.69) is 34.9 Å². The third-order valence-corrected chi connectivity index (χ3v) is 2.58. The Hall–Kier alpha value is -1.06. The van der Waals surface area contributed by atoms with Gasteiger partial charge in [-0.05, 0) is 24.5 Å². The molecular weight excluding hydrogens is 188 g/mol. The third-order valence-electron chi connectivity index (χ3n) is 2.58. The summed E-state index contributed by atoms with van der Waals surface area (Å²) in [6, 6.07) is 8.53. The van der Waals surface area contributed by atoms with Crippen LogP contribution in [0.25, 0.3) is 0 Å². The highest BCUT2D eigenvalue weighted by Crippen LogP contribution is 2.19. The number of benzene rings is 1. The second-order valence-electron chi connectivity index (χ2n) is 3.74. The molecule has 2 aliphatic heterocycles. The van der Waals surface area contributed by atoms with Gasteiger partial charge in [0.05, 0.1) is 13.3 Å². The van der Waals surface area contributed by atoms with Gasteiger partial charge in [-0.1, -0.05) is 18.2 Å². The van der Waals surface area contributed by atoms with Crippen molar-refractivity contribution in [3.8, 4) is 0 Å². The Balaban J connectivity index is 0.000000144. The fourth-order valence-electron chi connectivity index (χ4n) is 1.77. The first kappa shape index (κ1) is 10.5. The highest BCUT2D eigenvalue weighted by Gasteiger charge is 2.04. The lowest BCUT2D eigenvalue weighted by Crippen LogP contribution is -2.10. The van der Waals surface area contributed by atoms with Gasteiger partial charge in [0.2, 0.25) is 0 Å². The highest BCUT2D eigenvalue weighted by atomic mass is 16.5. The SMILES string of the molecule is C1COCN1.c1ccc2c(c1)CCCN2. The van der Waals surface area contributed by atoms with Crippen molar-refractivity contribution in [3.05, 3.63) is 29.8 Å². The van der Waals surface area contributed by atoms with E-state index in [-0.39, 0.29) is 0 Å². The lowest BCUT2D eigenvalue weighted by Gasteiger charge is -2.16. The second kappa shape index (κ2) is 5.73. The fraction of sp³-hybridized carbons (Fsp3) is 0.500. The molecule has 1 fully saturated rings. The van der Waals surface area contributed by atoms with Crippen LogP contribution < -0.4 is 10.6 Å². The number of hydrogen-bond acceptors (Lipinski definition) is 3. The van der Waals surface area contributed by atoms with Crippen LogP contribution in [0.5, 0.6) is 0 Å². The molecular formula is C12H18N2O. The van der Waals surface area contributed by atoms with Crippen LogP contribution in [0.4, 0.5) is 5.69 Å². The summed E-state index contributed by atoms with van der Waals surface area (Å²) in [7, 11) is 0. The predicted octanol–water partition coefficient (Wildman–Crippen LogP) is 1.61. The molecule has 0 bridgehead atoms. The van der Waals surface area contributed by atoms with E-state index in [1.54, 1.807) is 0 Å². The highest BCUT2D eigenvalue weighted by molar-refractivity contribution is 5.52.